The lowest BCUT2D eigenvalue weighted by Gasteiger charge is -2.13. The van der Waals surface area contributed by atoms with E-state index in [-0.39, 0.29) is 0 Å². The molecule has 4 heteroatoms. The smallest absolute Gasteiger partial charge is 0.220 e. The molecule has 0 bridgehead atoms. The number of fused-ring (bicyclic) bond motifs is 1. The lowest BCUT2D eigenvalue weighted by atomic mass is 10.0. The fourth-order valence-corrected chi connectivity index (χ4v) is 1.80. The van der Waals surface area contributed by atoms with E-state index in [4.69, 9.17) is 10.7 Å². The first-order valence-electron chi connectivity index (χ1n) is 5.92. The first-order valence-corrected chi connectivity index (χ1v) is 5.92. The maximum Gasteiger partial charge on any atom is 0.220 e. The minimum Gasteiger partial charge on any atom is -0.368 e. The molecule has 2 N–H and O–H groups in total. The van der Waals surface area contributed by atoms with Crippen molar-refractivity contribution in [2.24, 2.45) is 0 Å². The average Bonchev–Trinajstić information content (AvgIpc) is 2.27. The second-order valence-corrected chi connectivity index (χ2v) is 4.91. The summed E-state index contributed by atoms with van der Waals surface area (Å²) in [7, 11) is 0. The standard InChI is InChI=1S/C13H18N4/c1-7(2)10-5-9-6-15-13(14)17-12(9)11(16-10)8(3)4/h5-8H,1-4H3,(H2,14,15,17). The Morgan fingerprint density at radius 2 is 1.76 bits per heavy atom. The van der Waals surface area contributed by atoms with Crippen molar-refractivity contribution in [1.82, 2.24) is 15.0 Å². The van der Waals surface area contributed by atoms with Gasteiger partial charge in [-0.05, 0) is 17.9 Å². The average molecular weight is 230 g/mol. The molecule has 4 nitrogen and oxygen atoms in total. The molecule has 0 amide bonds. The van der Waals surface area contributed by atoms with Gasteiger partial charge in [-0.25, -0.2) is 9.97 Å². The Morgan fingerprint density at radius 3 is 2.35 bits per heavy atom. The van der Waals surface area contributed by atoms with Gasteiger partial charge < -0.3 is 5.73 Å². The summed E-state index contributed by atoms with van der Waals surface area (Å²) in [5, 5.41) is 1.02. The molecule has 0 aliphatic heterocycles. The Morgan fingerprint density at radius 1 is 1.06 bits per heavy atom. The maximum absolute atomic E-state index is 5.64. The second-order valence-electron chi connectivity index (χ2n) is 4.91. The summed E-state index contributed by atoms with van der Waals surface area (Å²) in [6, 6.07) is 2.05. The summed E-state index contributed by atoms with van der Waals surface area (Å²) >= 11 is 0. The number of hydrogen-bond donors (Lipinski definition) is 1. The molecule has 0 fully saturated rings. The van der Waals surface area contributed by atoms with E-state index in [1.807, 2.05) is 6.07 Å². The zero-order valence-corrected chi connectivity index (χ0v) is 10.7. The summed E-state index contributed by atoms with van der Waals surface area (Å²) in [4.78, 5) is 13.0. The number of nitrogens with two attached hydrogens (primary N) is 1. The van der Waals surface area contributed by atoms with Crippen molar-refractivity contribution in [3.8, 4) is 0 Å². The van der Waals surface area contributed by atoms with Crippen LogP contribution in [0.15, 0.2) is 12.3 Å². The highest BCUT2D eigenvalue weighted by molar-refractivity contribution is 5.81. The van der Waals surface area contributed by atoms with Crippen molar-refractivity contribution >= 4 is 16.9 Å². The fourth-order valence-electron chi connectivity index (χ4n) is 1.80. The van der Waals surface area contributed by atoms with Crippen LogP contribution in [0, 0.1) is 0 Å². The van der Waals surface area contributed by atoms with Gasteiger partial charge in [0.2, 0.25) is 5.95 Å². The normalized spacial score (nSPS) is 11.6. The van der Waals surface area contributed by atoms with Gasteiger partial charge >= 0.3 is 0 Å². The third kappa shape index (κ3) is 2.20. The quantitative estimate of drug-likeness (QED) is 0.861. The Hall–Kier alpha value is -1.71. The SMILES string of the molecule is CC(C)c1cc2cnc(N)nc2c(C(C)C)n1. The molecular weight excluding hydrogens is 212 g/mol. The molecule has 0 aromatic carbocycles. The van der Waals surface area contributed by atoms with Crippen molar-refractivity contribution in [2.45, 2.75) is 39.5 Å². The molecule has 0 atom stereocenters. The summed E-state index contributed by atoms with van der Waals surface area (Å²) < 4.78 is 0. The molecule has 17 heavy (non-hydrogen) atoms. The zero-order chi connectivity index (χ0) is 12.6. The molecule has 0 spiro atoms. The third-order valence-electron chi connectivity index (χ3n) is 2.77. The molecule has 0 radical (unpaired) electrons. The van der Waals surface area contributed by atoms with Crippen LogP contribution in [0.2, 0.25) is 0 Å². The number of aromatic nitrogens is 3. The lowest BCUT2D eigenvalue weighted by molar-refractivity contribution is 0.772. The molecule has 2 aromatic heterocycles. The Bertz CT molecular complexity index is 546. The molecule has 2 heterocycles. The van der Waals surface area contributed by atoms with Gasteiger partial charge in [0, 0.05) is 17.3 Å². The van der Waals surface area contributed by atoms with Crippen LogP contribution in [0.1, 0.15) is 50.9 Å². The predicted molar refractivity (Wildman–Crippen MR) is 69.9 cm³/mol. The van der Waals surface area contributed by atoms with E-state index in [1.54, 1.807) is 6.20 Å². The van der Waals surface area contributed by atoms with E-state index in [9.17, 15) is 0 Å². The molecule has 90 valence electrons. The fraction of sp³-hybridized carbons (Fsp3) is 0.462. The Labute approximate surface area is 101 Å². The monoisotopic (exact) mass is 230 g/mol. The first-order chi connectivity index (χ1) is 7.99. The van der Waals surface area contributed by atoms with E-state index in [2.05, 4.69) is 37.7 Å². The molecule has 0 saturated heterocycles. The largest absolute Gasteiger partial charge is 0.368 e. The Balaban J connectivity index is 2.76. The van der Waals surface area contributed by atoms with Crippen molar-refractivity contribution in [3.05, 3.63) is 23.7 Å². The zero-order valence-electron chi connectivity index (χ0n) is 10.7. The van der Waals surface area contributed by atoms with Crippen LogP contribution in [0.4, 0.5) is 5.95 Å². The number of nitrogen functional groups attached to an aromatic ring is 1. The number of hydrogen-bond acceptors (Lipinski definition) is 4. The van der Waals surface area contributed by atoms with E-state index in [1.165, 1.54) is 0 Å². The highest BCUT2D eigenvalue weighted by Gasteiger charge is 2.13. The molecule has 0 aliphatic carbocycles. The third-order valence-corrected chi connectivity index (χ3v) is 2.77. The van der Waals surface area contributed by atoms with E-state index < -0.39 is 0 Å². The molecule has 0 aliphatic rings. The summed E-state index contributed by atoms with van der Waals surface area (Å²) in [5.74, 6) is 1.03. The van der Waals surface area contributed by atoms with Gasteiger partial charge in [-0.3, -0.25) is 4.98 Å². The van der Waals surface area contributed by atoms with Crippen LogP contribution < -0.4 is 5.73 Å². The summed E-state index contributed by atoms with van der Waals surface area (Å²) in [6.45, 7) is 8.50. The van der Waals surface area contributed by atoms with Crippen molar-refractivity contribution in [3.63, 3.8) is 0 Å². The number of anilines is 1. The van der Waals surface area contributed by atoms with Gasteiger partial charge in [0.1, 0.15) is 0 Å². The molecule has 0 saturated carbocycles. The minimum absolute atomic E-state index is 0.304. The lowest BCUT2D eigenvalue weighted by Crippen LogP contribution is -2.04. The minimum atomic E-state index is 0.304. The second kappa shape index (κ2) is 4.28. The highest BCUT2D eigenvalue weighted by Crippen LogP contribution is 2.25. The summed E-state index contributed by atoms with van der Waals surface area (Å²) in [6.07, 6.45) is 1.77. The van der Waals surface area contributed by atoms with Gasteiger partial charge in [-0.1, -0.05) is 27.7 Å². The van der Waals surface area contributed by atoms with Crippen molar-refractivity contribution in [1.29, 1.82) is 0 Å². The molecule has 0 unspecified atom stereocenters. The predicted octanol–water partition coefficient (Wildman–Crippen LogP) is 2.85. The number of nitrogens with zero attached hydrogens (tertiary/aromatic N) is 3. The van der Waals surface area contributed by atoms with E-state index in [0.717, 1.165) is 22.3 Å². The van der Waals surface area contributed by atoms with E-state index >= 15 is 0 Å². The van der Waals surface area contributed by atoms with Gasteiger partial charge in [0.15, 0.2) is 0 Å². The first kappa shape index (κ1) is 11.8. The van der Waals surface area contributed by atoms with E-state index in [0.29, 0.717) is 17.8 Å². The number of pyridine rings is 1. The van der Waals surface area contributed by atoms with Gasteiger partial charge in [-0.2, -0.15) is 0 Å². The van der Waals surface area contributed by atoms with Gasteiger partial charge in [-0.15, -0.1) is 0 Å². The van der Waals surface area contributed by atoms with Crippen LogP contribution in [-0.4, -0.2) is 15.0 Å². The summed E-state index contributed by atoms with van der Waals surface area (Å²) in [5.41, 5.74) is 8.59. The van der Waals surface area contributed by atoms with Gasteiger partial charge in [0.05, 0.1) is 11.2 Å². The highest BCUT2D eigenvalue weighted by atomic mass is 15.0. The van der Waals surface area contributed by atoms with Crippen LogP contribution in [0.5, 0.6) is 0 Å². The van der Waals surface area contributed by atoms with Crippen LogP contribution in [-0.2, 0) is 0 Å². The van der Waals surface area contributed by atoms with Crippen molar-refractivity contribution in [2.75, 3.05) is 5.73 Å². The van der Waals surface area contributed by atoms with Crippen molar-refractivity contribution < 1.29 is 0 Å². The topological polar surface area (TPSA) is 64.7 Å². The Kier molecular flexibility index (Phi) is 2.96. The maximum atomic E-state index is 5.64. The molecule has 2 aromatic rings. The van der Waals surface area contributed by atoms with Crippen LogP contribution >= 0.6 is 0 Å². The number of rotatable bonds is 2. The molecule has 2 rings (SSSR count). The van der Waals surface area contributed by atoms with Crippen LogP contribution in [0.3, 0.4) is 0 Å². The van der Waals surface area contributed by atoms with Gasteiger partial charge in [0.25, 0.3) is 0 Å². The van der Waals surface area contributed by atoms with Crippen LogP contribution in [0.25, 0.3) is 10.9 Å². The molecular formula is C13H18N4.